The minimum atomic E-state index is 0.0172. The minimum Gasteiger partial charge on any atom is -0.396 e. The van der Waals surface area contributed by atoms with Crippen molar-refractivity contribution >= 4 is 11.6 Å². The third-order valence-electron chi connectivity index (χ3n) is 3.79. The second-order valence-corrected chi connectivity index (χ2v) is 5.60. The molecule has 0 spiro atoms. The molecule has 21 heavy (non-hydrogen) atoms. The van der Waals surface area contributed by atoms with Crippen LogP contribution in [0.25, 0.3) is 0 Å². The molecule has 116 valence electrons. The summed E-state index contributed by atoms with van der Waals surface area (Å²) in [4.78, 5) is 16.4. The predicted molar refractivity (Wildman–Crippen MR) is 84.9 cm³/mol. The fourth-order valence-corrected chi connectivity index (χ4v) is 2.62. The molecular weight excluding hydrogens is 266 g/mol. The summed E-state index contributed by atoms with van der Waals surface area (Å²) >= 11 is 0. The van der Waals surface area contributed by atoms with Gasteiger partial charge >= 0.3 is 0 Å². The van der Waals surface area contributed by atoms with E-state index in [0.717, 1.165) is 43.0 Å². The number of hydrogen-bond acceptors (Lipinski definition) is 4. The maximum absolute atomic E-state index is 12.5. The molecule has 5 nitrogen and oxygen atoms in total. The summed E-state index contributed by atoms with van der Waals surface area (Å²) in [6, 6.07) is 6.05. The maximum atomic E-state index is 12.5. The second kappa shape index (κ2) is 7.43. The number of piperazine rings is 1. The van der Waals surface area contributed by atoms with Crippen molar-refractivity contribution < 1.29 is 9.90 Å². The lowest BCUT2D eigenvalue weighted by Crippen LogP contribution is -2.43. The average Bonchev–Trinajstić information content (AvgIpc) is 2.52. The number of nitrogens with one attached hydrogen (secondary N) is 1. The summed E-state index contributed by atoms with van der Waals surface area (Å²) in [6.07, 6.45) is 0.610. The van der Waals surface area contributed by atoms with E-state index in [1.807, 2.05) is 19.1 Å². The lowest BCUT2D eigenvalue weighted by molar-refractivity contribution is 0.0786. The molecule has 2 N–H and O–H groups in total. The van der Waals surface area contributed by atoms with E-state index >= 15 is 0 Å². The smallest absolute Gasteiger partial charge is 0.253 e. The normalized spacial score (nSPS) is 15.1. The Labute approximate surface area is 126 Å². The number of rotatable bonds is 5. The van der Waals surface area contributed by atoms with E-state index in [4.69, 9.17) is 5.11 Å². The van der Waals surface area contributed by atoms with Crippen molar-refractivity contribution in [3.63, 3.8) is 0 Å². The standard InChI is InChI=1S/C16H25N3O2/c1-13-10-14(16(21)18(2)6-3-9-20)12-15(11-13)19-7-4-17-5-8-19/h10-12,17,20H,3-9H2,1-2H3. The first kappa shape index (κ1) is 15.8. The van der Waals surface area contributed by atoms with E-state index in [0.29, 0.717) is 13.0 Å². The molecule has 0 bridgehead atoms. The molecule has 0 saturated carbocycles. The van der Waals surface area contributed by atoms with Gasteiger partial charge < -0.3 is 20.2 Å². The van der Waals surface area contributed by atoms with Gasteiger partial charge in [0.15, 0.2) is 0 Å². The Morgan fingerprint density at radius 3 is 2.71 bits per heavy atom. The van der Waals surface area contributed by atoms with Crippen LogP contribution >= 0.6 is 0 Å². The average molecular weight is 291 g/mol. The molecule has 1 amide bonds. The second-order valence-electron chi connectivity index (χ2n) is 5.60. The topological polar surface area (TPSA) is 55.8 Å². The number of nitrogens with zero attached hydrogens (tertiary/aromatic N) is 2. The van der Waals surface area contributed by atoms with Crippen molar-refractivity contribution in [3.05, 3.63) is 29.3 Å². The lowest BCUT2D eigenvalue weighted by atomic mass is 10.1. The van der Waals surface area contributed by atoms with Crippen LogP contribution in [0.3, 0.4) is 0 Å². The van der Waals surface area contributed by atoms with Gasteiger partial charge in [-0.15, -0.1) is 0 Å². The van der Waals surface area contributed by atoms with E-state index in [9.17, 15) is 4.79 Å². The Kier molecular flexibility index (Phi) is 5.59. The highest BCUT2D eigenvalue weighted by Crippen LogP contribution is 2.20. The monoisotopic (exact) mass is 291 g/mol. The molecule has 1 heterocycles. The van der Waals surface area contributed by atoms with Crippen molar-refractivity contribution in [1.82, 2.24) is 10.2 Å². The van der Waals surface area contributed by atoms with Crippen molar-refractivity contribution in [3.8, 4) is 0 Å². The van der Waals surface area contributed by atoms with Crippen LogP contribution < -0.4 is 10.2 Å². The molecule has 0 radical (unpaired) electrons. The third kappa shape index (κ3) is 4.19. The lowest BCUT2D eigenvalue weighted by Gasteiger charge is -2.30. The van der Waals surface area contributed by atoms with Crippen LogP contribution in [0.15, 0.2) is 18.2 Å². The van der Waals surface area contributed by atoms with Gasteiger partial charge in [-0.05, 0) is 37.1 Å². The Hall–Kier alpha value is -1.59. The zero-order valence-electron chi connectivity index (χ0n) is 12.9. The van der Waals surface area contributed by atoms with Crippen molar-refractivity contribution in [2.75, 3.05) is 51.3 Å². The Morgan fingerprint density at radius 1 is 1.33 bits per heavy atom. The van der Waals surface area contributed by atoms with Crippen LogP contribution in [0.4, 0.5) is 5.69 Å². The molecular formula is C16H25N3O2. The molecule has 1 aliphatic heterocycles. The van der Waals surface area contributed by atoms with Crippen molar-refractivity contribution in [2.24, 2.45) is 0 Å². The number of aliphatic hydroxyl groups is 1. The Bertz CT molecular complexity index is 484. The van der Waals surface area contributed by atoms with Gasteiger partial charge in [0.05, 0.1) is 0 Å². The first-order chi connectivity index (χ1) is 10.1. The van der Waals surface area contributed by atoms with Gasteiger partial charge in [-0.25, -0.2) is 0 Å². The zero-order chi connectivity index (χ0) is 15.2. The predicted octanol–water partition coefficient (Wildman–Crippen LogP) is 0.859. The van der Waals surface area contributed by atoms with Crippen LogP contribution in [0, 0.1) is 6.92 Å². The summed E-state index contributed by atoms with van der Waals surface area (Å²) in [5.41, 5.74) is 2.95. The Morgan fingerprint density at radius 2 is 2.05 bits per heavy atom. The minimum absolute atomic E-state index is 0.0172. The van der Waals surface area contributed by atoms with Gasteiger partial charge in [-0.3, -0.25) is 4.79 Å². The first-order valence-electron chi connectivity index (χ1n) is 7.55. The van der Waals surface area contributed by atoms with Gasteiger partial charge in [0, 0.05) is 57.6 Å². The van der Waals surface area contributed by atoms with Crippen molar-refractivity contribution in [1.29, 1.82) is 0 Å². The molecule has 1 aromatic carbocycles. The number of carbonyl (C=O) groups is 1. The fourth-order valence-electron chi connectivity index (χ4n) is 2.62. The summed E-state index contributed by atoms with van der Waals surface area (Å²) in [6.45, 7) is 6.61. The fraction of sp³-hybridized carbons (Fsp3) is 0.562. The SMILES string of the molecule is Cc1cc(C(=O)N(C)CCCO)cc(N2CCNCC2)c1. The first-order valence-corrected chi connectivity index (χ1v) is 7.55. The quantitative estimate of drug-likeness (QED) is 0.845. The van der Waals surface area contributed by atoms with E-state index in [2.05, 4.69) is 16.3 Å². The molecule has 1 aliphatic rings. The number of hydrogen-bond donors (Lipinski definition) is 2. The van der Waals surface area contributed by atoms with Gasteiger partial charge in [-0.2, -0.15) is 0 Å². The summed E-state index contributed by atoms with van der Waals surface area (Å²) in [5.74, 6) is 0.0172. The van der Waals surface area contributed by atoms with E-state index in [1.54, 1.807) is 11.9 Å². The van der Waals surface area contributed by atoms with E-state index in [-0.39, 0.29) is 12.5 Å². The molecule has 2 rings (SSSR count). The number of aryl methyl sites for hydroxylation is 1. The molecule has 0 unspecified atom stereocenters. The van der Waals surface area contributed by atoms with Crippen LogP contribution in [-0.4, -0.2) is 62.3 Å². The highest BCUT2D eigenvalue weighted by molar-refractivity contribution is 5.95. The Balaban J connectivity index is 2.15. The third-order valence-corrected chi connectivity index (χ3v) is 3.79. The summed E-state index contributed by atoms with van der Waals surface area (Å²) < 4.78 is 0. The molecule has 0 aromatic heterocycles. The van der Waals surface area contributed by atoms with Crippen LogP contribution in [-0.2, 0) is 0 Å². The zero-order valence-corrected chi connectivity index (χ0v) is 12.9. The molecule has 1 aromatic rings. The van der Waals surface area contributed by atoms with Gasteiger partial charge in [-0.1, -0.05) is 0 Å². The number of benzene rings is 1. The summed E-state index contributed by atoms with van der Waals surface area (Å²) in [7, 11) is 1.78. The van der Waals surface area contributed by atoms with Crippen molar-refractivity contribution in [2.45, 2.75) is 13.3 Å². The van der Waals surface area contributed by atoms with Gasteiger partial charge in [0.2, 0.25) is 0 Å². The molecule has 5 heteroatoms. The highest BCUT2D eigenvalue weighted by atomic mass is 16.3. The van der Waals surface area contributed by atoms with Gasteiger partial charge in [0.1, 0.15) is 0 Å². The number of amides is 1. The van der Waals surface area contributed by atoms with E-state index in [1.165, 1.54) is 0 Å². The largest absolute Gasteiger partial charge is 0.396 e. The van der Waals surface area contributed by atoms with Crippen LogP contribution in [0.1, 0.15) is 22.3 Å². The number of anilines is 1. The highest BCUT2D eigenvalue weighted by Gasteiger charge is 2.16. The van der Waals surface area contributed by atoms with E-state index < -0.39 is 0 Å². The molecule has 1 fully saturated rings. The number of aliphatic hydroxyl groups excluding tert-OH is 1. The van der Waals surface area contributed by atoms with Gasteiger partial charge in [0.25, 0.3) is 5.91 Å². The van der Waals surface area contributed by atoms with Crippen LogP contribution in [0.5, 0.6) is 0 Å². The molecule has 0 aliphatic carbocycles. The molecule has 1 saturated heterocycles. The molecule has 0 atom stereocenters. The summed E-state index contributed by atoms with van der Waals surface area (Å²) in [5, 5.41) is 12.2. The number of carbonyl (C=O) groups excluding carboxylic acids is 1. The van der Waals surface area contributed by atoms with Crippen LogP contribution in [0.2, 0.25) is 0 Å². The maximum Gasteiger partial charge on any atom is 0.253 e.